The van der Waals surface area contributed by atoms with Crippen molar-refractivity contribution in [3.05, 3.63) is 64.9 Å². The first-order valence-electron chi connectivity index (χ1n) is 6.92. The number of nitrogens with zero attached hydrogens (tertiary/aromatic N) is 1. The summed E-state index contributed by atoms with van der Waals surface area (Å²) in [6, 6.07) is 11.4. The predicted molar refractivity (Wildman–Crippen MR) is 91.1 cm³/mol. The van der Waals surface area contributed by atoms with E-state index in [-0.39, 0.29) is 11.7 Å². The molecule has 116 valence electrons. The Balaban J connectivity index is 1.85. The lowest BCUT2D eigenvalue weighted by Gasteiger charge is -2.03. The summed E-state index contributed by atoms with van der Waals surface area (Å²) in [6.07, 6.45) is 1.67. The number of carbonyl (C=O) groups is 1. The molecule has 3 aromatic rings. The Morgan fingerprint density at radius 3 is 2.78 bits per heavy atom. The summed E-state index contributed by atoms with van der Waals surface area (Å²) < 4.78 is 13.3. The maximum Gasteiger partial charge on any atom is 0.269 e. The van der Waals surface area contributed by atoms with Crippen molar-refractivity contribution in [3.8, 4) is 10.4 Å². The van der Waals surface area contributed by atoms with Crippen molar-refractivity contribution in [2.24, 2.45) is 0 Å². The third-order valence-electron chi connectivity index (χ3n) is 3.23. The molecule has 23 heavy (non-hydrogen) atoms. The van der Waals surface area contributed by atoms with Crippen LogP contribution in [0.15, 0.2) is 48.7 Å². The van der Waals surface area contributed by atoms with Gasteiger partial charge in [0.1, 0.15) is 16.5 Å². The lowest BCUT2D eigenvalue weighted by molar-refractivity contribution is 0.103. The molecular formula is C17H14FN3OS. The normalized spacial score (nSPS) is 10.5. The number of nitrogen functional groups attached to an aromatic ring is 1. The molecule has 0 bridgehead atoms. The number of hydrogen-bond donors (Lipinski definition) is 2. The Kier molecular flexibility index (Phi) is 4.08. The van der Waals surface area contributed by atoms with Gasteiger partial charge in [-0.05, 0) is 42.3 Å². The number of carbonyl (C=O) groups excluding carboxylic acids is 1. The second-order valence-corrected chi connectivity index (χ2v) is 6.13. The van der Waals surface area contributed by atoms with Crippen LogP contribution in [0.3, 0.4) is 0 Å². The van der Waals surface area contributed by atoms with Crippen molar-refractivity contribution < 1.29 is 9.18 Å². The topological polar surface area (TPSA) is 68.0 Å². The van der Waals surface area contributed by atoms with Crippen molar-refractivity contribution in [3.63, 3.8) is 0 Å². The number of halogens is 1. The molecule has 0 saturated heterocycles. The molecule has 0 aliphatic heterocycles. The van der Waals surface area contributed by atoms with Gasteiger partial charge in [-0.3, -0.25) is 4.79 Å². The number of nitrogens with one attached hydrogen (secondary N) is 1. The first-order chi connectivity index (χ1) is 11.0. The van der Waals surface area contributed by atoms with E-state index in [1.165, 1.54) is 23.5 Å². The van der Waals surface area contributed by atoms with Gasteiger partial charge in [-0.1, -0.05) is 18.2 Å². The Labute approximate surface area is 136 Å². The first-order valence-corrected chi connectivity index (χ1v) is 7.74. The van der Waals surface area contributed by atoms with E-state index in [1.54, 1.807) is 30.5 Å². The number of anilines is 2. The molecule has 6 heteroatoms. The standard InChI is InChI=1S/C17H14FN3OS/c1-10-5-6-15(20-9-10)21-17(22)16-13(19)8-14(23-16)11-3-2-4-12(18)7-11/h2-9H,19H2,1H3,(H,20,21,22). The Morgan fingerprint density at radius 1 is 1.26 bits per heavy atom. The van der Waals surface area contributed by atoms with E-state index in [4.69, 9.17) is 5.73 Å². The van der Waals surface area contributed by atoms with Crippen LogP contribution in [0, 0.1) is 12.7 Å². The van der Waals surface area contributed by atoms with E-state index in [1.807, 2.05) is 13.0 Å². The van der Waals surface area contributed by atoms with Gasteiger partial charge in [-0.25, -0.2) is 9.37 Å². The zero-order chi connectivity index (χ0) is 16.4. The van der Waals surface area contributed by atoms with E-state index in [0.717, 1.165) is 10.4 Å². The summed E-state index contributed by atoms with van der Waals surface area (Å²) in [4.78, 5) is 17.6. The van der Waals surface area contributed by atoms with Gasteiger partial charge in [0.05, 0.1) is 5.69 Å². The fourth-order valence-electron chi connectivity index (χ4n) is 2.08. The second kappa shape index (κ2) is 6.18. The van der Waals surface area contributed by atoms with Gasteiger partial charge in [0.2, 0.25) is 0 Å². The maximum atomic E-state index is 13.3. The zero-order valence-corrected chi connectivity index (χ0v) is 13.2. The summed E-state index contributed by atoms with van der Waals surface area (Å²) in [5.41, 5.74) is 7.99. The number of rotatable bonds is 3. The molecule has 2 heterocycles. The average Bonchev–Trinajstić information content (AvgIpc) is 2.92. The summed E-state index contributed by atoms with van der Waals surface area (Å²) in [7, 11) is 0. The number of thiophene rings is 1. The number of aryl methyl sites for hydroxylation is 1. The molecule has 1 aromatic carbocycles. The molecule has 0 spiro atoms. The van der Waals surface area contributed by atoms with Gasteiger partial charge in [-0.2, -0.15) is 0 Å². The smallest absolute Gasteiger partial charge is 0.269 e. The third kappa shape index (κ3) is 3.37. The van der Waals surface area contributed by atoms with E-state index in [2.05, 4.69) is 10.3 Å². The highest BCUT2D eigenvalue weighted by Crippen LogP contribution is 2.33. The highest BCUT2D eigenvalue weighted by Gasteiger charge is 2.16. The van der Waals surface area contributed by atoms with Gasteiger partial charge in [0.25, 0.3) is 5.91 Å². The van der Waals surface area contributed by atoms with Crippen molar-refractivity contribution in [1.82, 2.24) is 4.98 Å². The molecule has 3 N–H and O–H groups in total. The van der Waals surface area contributed by atoms with Crippen molar-refractivity contribution in [2.45, 2.75) is 6.92 Å². The lowest BCUT2D eigenvalue weighted by atomic mass is 10.2. The van der Waals surface area contributed by atoms with Crippen LogP contribution in [-0.2, 0) is 0 Å². The molecule has 4 nitrogen and oxygen atoms in total. The monoisotopic (exact) mass is 327 g/mol. The van der Waals surface area contributed by atoms with Crippen molar-refractivity contribution in [2.75, 3.05) is 11.1 Å². The number of aromatic nitrogens is 1. The van der Waals surface area contributed by atoms with Gasteiger partial charge in [0.15, 0.2) is 0 Å². The highest BCUT2D eigenvalue weighted by atomic mass is 32.1. The van der Waals surface area contributed by atoms with Crippen LogP contribution in [0.1, 0.15) is 15.2 Å². The fraction of sp³-hybridized carbons (Fsp3) is 0.0588. The van der Waals surface area contributed by atoms with Crippen molar-refractivity contribution >= 4 is 28.7 Å². The third-order valence-corrected chi connectivity index (χ3v) is 4.43. The number of amides is 1. The average molecular weight is 327 g/mol. The lowest BCUT2D eigenvalue weighted by Crippen LogP contribution is -2.12. The molecule has 0 saturated carbocycles. The largest absolute Gasteiger partial charge is 0.397 e. The number of benzene rings is 1. The zero-order valence-electron chi connectivity index (χ0n) is 12.3. The number of pyridine rings is 1. The van der Waals surface area contributed by atoms with Crippen LogP contribution in [0.2, 0.25) is 0 Å². The summed E-state index contributed by atoms with van der Waals surface area (Å²) in [5.74, 6) is -0.198. The Bertz CT molecular complexity index is 859. The summed E-state index contributed by atoms with van der Waals surface area (Å²) >= 11 is 1.22. The molecule has 0 unspecified atom stereocenters. The summed E-state index contributed by atoms with van der Waals surface area (Å²) in [6.45, 7) is 1.92. The van der Waals surface area contributed by atoms with E-state index < -0.39 is 0 Å². The minimum absolute atomic E-state index is 0.327. The molecule has 0 aliphatic carbocycles. The second-order valence-electron chi connectivity index (χ2n) is 5.08. The van der Waals surface area contributed by atoms with E-state index in [0.29, 0.717) is 21.9 Å². The minimum atomic E-state index is -0.329. The van der Waals surface area contributed by atoms with Gasteiger partial charge in [-0.15, -0.1) is 11.3 Å². The van der Waals surface area contributed by atoms with E-state index >= 15 is 0 Å². The van der Waals surface area contributed by atoms with Gasteiger partial charge < -0.3 is 11.1 Å². The predicted octanol–water partition coefficient (Wildman–Crippen LogP) is 4.09. The molecule has 0 atom stereocenters. The van der Waals surface area contributed by atoms with Crippen LogP contribution in [0.5, 0.6) is 0 Å². The Morgan fingerprint density at radius 2 is 2.09 bits per heavy atom. The maximum absolute atomic E-state index is 13.3. The SMILES string of the molecule is Cc1ccc(NC(=O)c2sc(-c3cccc(F)c3)cc2N)nc1. The molecule has 1 amide bonds. The Hall–Kier alpha value is -2.73. The van der Waals surface area contributed by atoms with Crippen LogP contribution < -0.4 is 11.1 Å². The molecule has 0 aliphatic rings. The first kappa shape index (κ1) is 15.2. The number of hydrogen-bond acceptors (Lipinski definition) is 4. The molecule has 2 aromatic heterocycles. The van der Waals surface area contributed by atoms with Crippen LogP contribution >= 0.6 is 11.3 Å². The van der Waals surface area contributed by atoms with Gasteiger partial charge >= 0.3 is 0 Å². The summed E-state index contributed by atoms with van der Waals surface area (Å²) in [5, 5.41) is 2.71. The molecular weight excluding hydrogens is 313 g/mol. The van der Waals surface area contributed by atoms with Gasteiger partial charge in [0, 0.05) is 11.1 Å². The van der Waals surface area contributed by atoms with Crippen LogP contribution in [-0.4, -0.2) is 10.9 Å². The minimum Gasteiger partial charge on any atom is -0.397 e. The number of nitrogens with two attached hydrogens (primary N) is 1. The molecule has 0 radical (unpaired) electrons. The van der Waals surface area contributed by atoms with Crippen LogP contribution in [0.25, 0.3) is 10.4 Å². The van der Waals surface area contributed by atoms with Crippen LogP contribution in [0.4, 0.5) is 15.9 Å². The fourth-order valence-corrected chi connectivity index (χ4v) is 3.05. The highest BCUT2D eigenvalue weighted by molar-refractivity contribution is 7.18. The van der Waals surface area contributed by atoms with Crippen molar-refractivity contribution in [1.29, 1.82) is 0 Å². The quantitative estimate of drug-likeness (QED) is 0.761. The molecule has 3 rings (SSSR count). The van der Waals surface area contributed by atoms with E-state index in [9.17, 15) is 9.18 Å². The molecule has 0 fully saturated rings.